The molecular weight excluding hydrogens is 411 g/mol. The van der Waals surface area contributed by atoms with Crippen LogP contribution in [0.25, 0.3) is 11.3 Å². The molecule has 0 bridgehead atoms. The predicted molar refractivity (Wildman–Crippen MR) is 98.3 cm³/mol. The van der Waals surface area contributed by atoms with Crippen molar-refractivity contribution in [3.8, 4) is 11.3 Å². The van der Waals surface area contributed by atoms with Crippen LogP contribution in [0, 0.1) is 5.82 Å². The zero-order valence-corrected chi connectivity index (χ0v) is 15.0. The fourth-order valence-corrected chi connectivity index (χ4v) is 2.66. The molecule has 0 saturated heterocycles. The lowest BCUT2D eigenvalue weighted by molar-refractivity contribution is 0.0955. The quantitative estimate of drug-likeness (QED) is 0.461. The van der Waals surface area contributed by atoms with Gasteiger partial charge in [-0.15, -0.1) is 0 Å². The van der Waals surface area contributed by atoms with Gasteiger partial charge in [0.2, 0.25) is 0 Å². The number of hydrazone groups is 1. The molecule has 0 saturated carbocycles. The van der Waals surface area contributed by atoms with E-state index in [0.29, 0.717) is 22.6 Å². The molecular formula is C18H11BrClFN2O2. The number of carbonyl (C=O) groups excluding carboxylic acids is 1. The monoisotopic (exact) mass is 420 g/mol. The van der Waals surface area contributed by atoms with E-state index in [-0.39, 0.29) is 10.9 Å². The third-order valence-electron chi connectivity index (χ3n) is 3.28. The molecule has 1 heterocycles. The van der Waals surface area contributed by atoms with Crippen LogP contribution in [0.15, 0.2) is 68.6 Å². The van der Waals surface area contributed by atoms with Crippen LogP contribution in [0.5, 0.6) is 0 Å². The maximum atomic E-state index is 13.2. The molecule has 0 spiro atoms. The van der Waals surface area contributed by atoms with Crippen molar-refractivity contribution in [2.75, 3.05) is 0 Å². The Labute approximate surface area is 156 Å². The lowest BCUT2D eigenvalue weighted by Gasteiger charge is -2.00. The summed E-state index contributed by atoms with van der Waals surface area (Å²) in [5.41, 5.74) is 3.54. The maximum Gasteiger partial charge on any atom is 0.271 e. The van der Waals surface area contributed by atoms with Gasteiger partial charge in [-0.1, -0.05) is 33.6 Å². The molecule has 0 aliphatic rings. The van der Waals surface area contributed by atoms with Gasteiger partial charge in [0.05, 0.1) is 11.2 Å². The first kappa shape index (κ1) is 17.4. The number of benzene rings is 2. The Morgan fingerprint density at radius 2 is 2.04 bits per heavy atom. The van der Waals surface area contributed by atoms with Gasteiger partial charge in [-0.3, -0.25) is 4.79 Å². The molecule has 25 heavy (non-hydrogen) atoms. The van der Waals surface area contributed by atoms with Gasteiger partial charge in [-0.25, -0.2) is 9.82 Å². The van der Waals surface area contributed by atoms with Crippen molar-refractivity contribution >= 4 is 39.7 Å². The third-order valence-corrected chi connectivity index (χ3v) is 4.06. The Morgan fingerprint density at radius 3 is 2.80 bits per heavy atom. The van der Waals surface area contributed by atoms with E-state index >= 15 is 0 Å². The molecule has 3 aromatic rings. The van der Waals surface area contributed by atoms with Gasteiger partial charge in [-0.05, 0) is 48.5 Å². The average Bonchev–Trinajstić information content (AvgIpc) is 3.06. The van der Waals surface area contributed by atoms with E-state index in [1.165, 1.54) is 18.3 Å². The zero-order valence-electron chi connectivity index (χ0n) is 12.7. The molecule has 126 valence electrons. The summed E-state index contributed by atoms with van der Waals surface area (Å²) in [4.78, 5) is 12.0. The van der Waals surface area contributed by atoms with E-state index in [0.717, 1.165) is 4.47 Å². The minimum absolute atomic E-state index is 0.0189. The Hall–Kier alpha value is -2.44. The minimum Gasteiger partial charge on any atom is -0.455 e. The summed E-state index contributed by atoms with van der Waals surface area (Å²) in [5.74, 6) is 0.121. The molecule has 7 heteroatoms. The van der Waals surface area contributed by atoms with E-state index < -0.39 is 5.82 Å². The molecule has 3 rings (SSSR count). The lowest BCUT2D eigenvalue weighted by Crippen LogP contribution is -2.17. The van der Waals surface area contributed by atoms with Gasteiger partial charge >= 0.3 is 0 Å². The molecule has 2 aromatic carbocycles. The van der Waals surface area contributed by atoms with Gasteiger partial charge in [0.1, 0.15) is 17.3 Å². The van der Waals surface area contributed by atoms with Crippen molar-refractivity contribution in [1.29, 1.82) is 0 Å². The molecule has 0 atom stereocenters. The summed E-state index contributed by atoms with van der Waals surface area (Å²) in [5, 5.41) is 3.89. The summed E-state index contributed by atoms with van der Waals surface area (Å²) in [6.07, 6.45) is 1.38. The Kier molecular flexibility index (Phi) is 5.31. The molecule has 0 aliphatic carbocycles. The van der Waals surface area contributed by atoms with Crippen LogP contribution >= 0.6 is 27.5 Å². The minimum atomic E-state index is -0.492. The largest absolute Gasteiger partial charge is 0.455 e. The van der Waals surface area contributed by atoms with Gasteiger partial charge < -0.3 is 4.42 Å². The fraction of sp³-hybridized carbons (Fsp3) is 0. The summed E-state index contributed by atoms with van der Waals surface area (Å²) in [6.45, 7) is 0. The number of carbonyl (C=O) groups is 1. The lowest BCUT2D eigenvalue weighted by atomic mass is 10.2. The summed E-state index contributed by atoms with van der Waals surface area (Å²) >= 11 is 9.07. The van der Waals surface area contributed by atoms with E-state index in [1.807, 2.05) is 6.07 Å². The topological polar surface area (TPSA) is 54.6 Å². The number of nitrogens with zero attached hydrogens (tertiary/aromatic N) is 1. The molecule has 0 radical (unpaired) electrons. The second-order valence-electron chi connectivity index (χ2n) is 5.04. The highest BCUT2D eigenvalue weighted by Crippen LogP contribution is 2.26. The fourth-order valence-electron chi connectivity index (χ4n) is 2.08. The normalized spacial score (nSPS) is 11.0. The highest BCUT2D eigenvalue weighted by Gasteiger charge is 2.07. The van der Waals surface area contributed by atoms with Crippen LogP contribution in [-0.4, -0.2) is 12.1 Å². The Bertz CT molecular complexity index is 956. The van der Waals surface area contributed by atoms with Gasteiger partial charge in [0, 0.05) is 15.6 Å². The SMILES string of the molecule is O=C(N/N=C\c1ccc(-c2ccc(F)c(Cl)c2)o1)c1cccc(Br)c1. The first-order valence-electron chi connectivity index (χ1n) is 7.17. The number of rotatable bonds is 4. The number of halogens is 3. The molecule has 0 fully saturated rings. The Balaban J connectivity index is 1.67. The van der Waals surface area contributed by atoms with Gasteiger partial charge in [0.15, 0.2) is 0 Å². The highest BCUT2D eigenvalue weighted by atomic mass is 79.9. The standard InChI is InChI=1S/C18H11BrClFN2O2/c19-13-3-1-2-12(8-13)18(24)23-22-10-14-5-7-17(25-14)11-4-6-16(21)15(20)9-11/h1-10H,(H,23,24)/b22-10-. The molecule has 0 aliphatic heterocycles. The van der Waals surface area contributed by atoms with Crippen LogP contribution in [0.4, 0.5) is 4.39 Å². The molecule has 0 unspecified atom stereocenters. The number of hydrogen-bond donors (Lipinski definition) is 1. The van der Waals surface area contributed by atoms with Crippen molar-refractivity contribution < 1.29 is 13.6 Å². The maximum absolute atomic E-state index is 13.2. The molecule has 1 aromatic heterocycles. The van der Waals surface area contributed by atoms with E-state index in [1.54, 1.807) is 36.4 Å². The summed E-state index contributed by atoms with van der Waals surface area (Å²) in [7, 11) is 0. The number of amides is 1. The van der Waals surface area contributed by atoms with Crippen LogP contribution in [0.2, 0.25) is 5.02 Å². The van der Waals surface area contributed by atoms with Crippen LogP contribution < -0.4 is 5.43 Å². The van der Waals surface area contributed by atoms with Crippen molar-refractivity contribution in [1.82, 2.24) is 5.43 Å². The number of nitrogens with one attached hydrogen (secondary N) is 1. The van der Waals surface area contributed by atoms with E-state index in [4.69, 9.17) is 16.0 Å². The van der Waals surface area contributed by atoms with Crippen LogP contribution in [-0.2, 0) is 0 Å². The van der Waals surface area contributed by atoms with Gasteiger partial charge in [0.25, 0.3) is 5.91 Å². The molecule has 1 amide bonds. The highest BCUT2D eigenvalue weighted by molar-refractivity contribution is 9.10. The first-order chi connectivity index (χ1) is 12.0. The van der Waals surface area contributed by atoms with Crippen molar-refractivity contribution in [3.63, 3.8) is 0 Å². The van der Waals surface area contributed by atoms with E-state index in [2.05, 4.69) is 26.5 Å². The van der Waals surface area contributed by atoms with Crippen molar-refractivity contribution in [3.05, 3.63) is 81.2 Å². The predicted octanol–water partition coefficient (Wildman–Crippen LogP) is 5.27. The van der Waals surface area contributed by atoms with Crippen LogP contribution in [0.1, 0.15) is 16.1 Å². The summed E-state index contributed by atoms with van der Waals surface area (Å²) in [6, 6.07) is 14.7. The molecule has 4 nitrogen and oxygen atoms in total. The van der Waals surface area contributed by atoms with Crippen LogP contribution in [0.3, 0.4) is 0 Å². The smallest absolute Gasteiger partial charge is 0.271 e. The number of furan rings is 1. The van der Waals surface area contributed by atoms with Gasteiger partial charge in [-0.2, -0.15) is 5.10 Å². The Morgan fingerprint density at radius 1 is 1.20 bits per heavy atom. The molecule has 1 N–H and O–H groups in total. The van der Waals surface area contributed by atoms with Crippen molar-refractivity contribution in [2.45, 2.75) is 0 Å². The van der Waals surface area contributed by atoms with E-state index in [9.17, 15) is 9.18 Å². The number of hydrogen-bond acceptors (Lipinski definition) is 3. The first-order valence-corrected chi connectivity index (χ1v) is 8.34. The summed E-state index contributed by atoms with van der Waals surface area (Å²) < 4.78 is 19.6. The zero-order chi connectivity index (χ0) is 17.8. The second-order valence-corrected chi connectivity index (χ2v) is 6.36. The third kappa shape index (κ3) is 4.35. The second kappa shape index (κ2) is 7.63. The average molecular weight is 422 g/mol. The van der Waals surface area contributed by atoms with Crippen molar-refractivity contribution in [2.24, 2.45) is 5.10 Å².